The predicted octanol–water partition coefficient (Wildman–Crippen LogP) is 1.03. The molecule has 0 aromatic carbocycles. The quantitative estimate of drug-likeness (QED) is 0.812. The van der Waals surface area contributed by atoms with Gasteiger partial charge >= 0.3 is 0 Å². The summed E-state index contributed by atoms with van der Waals surface area (Å²) in [6, 6.07) is 0. The van der Waals surface area contributed by atoms with Crippen LogP contribution in [0.15, 0.2) is 6.20 Å². The van der Waals surface area contributed by atoms with Crippen molar-refractivity contribution < 1.29 is 4.79 Å². The molecule has 1 aromatic heterocycles. The van der Waals surface area contributed by atoms with Crippen LogP contribution in [-0.4, -0.2) is 53.2 Å². The van der Waals surface area contributed by atoms with Gasteiger partial charge in [-0.3, -0.25) is 14.4 Å². The minimum Gasteiger partial charge on any atom is -0.314 e. The van der Waals surface area contributed by atoms with Gasteiger partial charge in [0.1, 0.15) is 5.69 Å². The Morgan fingerprint density at radius 3 is 2.89 bits per heavy atom. The molecule has 0 radical (unpaired) electrons. The number of halogens is 1. The summed E-state index contributed by atoms with van der Waals surface area (Å²) in [5.74, 6) is 0.0628. The molecule has 1 aliphatic heterocycles. The largest absolute Gasteiger partial charge is 0.314 e. The molecule has 0 unspecified atom stereocenters. The summed E-state index contributed by atoms with van der Waals surface area (Å²) in [6.07, 6.45) is 2.49. The van der Waals surface area contributed by atoms with Crippen LogP contribution in [0.3, 0.4) is 0 Å². The van der Waals surface area contributed by atoms with E-state index < -0.39 is 0 Å². The maximum Gasteiger partial charge on any atom is 0.196 e. The van der Waals surface area contributed by atoms with Crippen molar-refractivity contribution in [2.24, 2.45) is 0 Å². The second-order valence-corrected chi connectivity index (χ2v) is 4.92. The molecule has 1 saturated heterocycles. The maximum atomic E-state index is 12.3. The number of aromatic nitrogens is 2. The van der Waals surface area contributed by atoms with Crippen molar-refractivity contribution in [3.05, 3.63) is 16.9 Å². The van der Waals surface area contributed by atoms with E-state index in [1.807, 2.05) is 0 Å². The van der Waals surface area contributed by atoms with E-state index in [4.69, 9.17) is 11.6 Å². The van der Waals surface area contributed by atoms with E-state index in [2.05, 4.69) is 22.2 Å². The van der Waals surface area contributed by atoms with Crippen molar-refractivity contribution >= 4 is 17.4 Å². The van der Waals surface area contributed by atoms with Gasteiger partial charge in [0.05, 0.1) is 17.8 Å². The summed E-state index contributed by atoms with van der Waals surface area (Å²) in [5.41, 5.74) is 0.553. The summed E-state index contributed by atoms with van der Waals surface area (Å²) >= 11 is 6.06. The van der Waals surface area contributed by atoms with Crippen molar-refractivity contribution in [1.29, 1.82) is 0 Å². The molecule has 1 aromatic rings. The molecule has 2 heterocycles. The van der Waals surface area contributed by atoms with Gasteiger partial charge in [-0.15, -0.1) is 0 Å². The normalized spacial score (nSPS) is 17.0. The van der Waals surface area contributed by atoms with E-state index in [0.29, 0.717) is 17.3 Å². The molecule has 1 fully saturated rings. The van der Waals surface area contributed by atoms with E-state index in [1.54, 1.807) is 10.9 Å². The molecule has 1 N–H and O–H groups in total. The first kappa shape index (κ1) is 13.5. The van der Waals surface area contributed by atoms with Crippen molar-refractivity contribution in [1.82, 2.24) is 20.0 Å². The molecule has 0 aliphatic carbocycles. The second-order valence-electron chi connectivity index (χ2n) is 4.51. The fourth-order valence-electron chi connectivity index (χ4n) is 2.17. The maximum absolute atomic E-state index is 12.3. The predicted molar refractivity (Wildman–Crippen MR) is 71.2 cm³/mol. The minimum atomic E-state index is 0.0628. The number of hydrogen-bond acceptors (Lipinski definition) is 4. The third-order valence-corrected chi connectivity index (χ3v) is 3.35. The van der Waals surface area contributed by atoms with Crippen LogP contribution >= 0.6 is 11.6 Å². The average Bonchev–Trinajstić information content (AvgIpc) is 2.72. The van der Waals surface area contributed by atoms with Crippen molar-refractivity contribution in [2.45, 2.75) is 19.9 Å². The average molecular weight is 271 g/mol. The third-order valence-electron chi connectivity index (χ3n) is 3.07. The summed E-state index contributed by atoms with van der Waals surface area (Å²) in [7, 11) is 0. The zero-order valence-electron chi connectivity index (χ0n) is 10.7. The Morgan fingerprint density at radius 2 is 2.22 bits per heavy atom. The lowest BCUT2D eigenvalue weighted by atomic mass is 10.2. The van der Waals surface area contributed by atoms with Crippen LogP contribution in [0, 0.1) is 0 Å². The number of carbonyl (C=O) groups excluding carboxylic acids is 1. The van der Waals surface area contributed by atoms with E-state index in [0.717, 1.165) is 39.1 Å². The van der Waals surface area contributed by atoms with Gasteiger partial charge in [-0.1, -0.05) is 18.5 Å². The lowest BCUT2D eigenvalue weighted by Crippen LogP contribution is -2.45. The van der Waals surface area contributed by atoms with Crippen LogP contribution in [-0.2, 0) is 6.54 Å². The van der Waals surface area contributed by atoms with Crippen LogP contribution in [0.4, 0.5) is 0 Å². The molecule has 0 amide bonds. The summed E-state index contributed by atoms with van der Waals surface area (Å²) in [4.78, 5) is 14.4. The van der Waals surface area contributed by atoms with Crippen LogP contribution in [0.5, 0.6) is 0 Å². The zero-order valence-corrected chi connectivity index (χ0v) is 11.4. The minimum absolute atomic E-state index is 0.0628. The highest BCUT2D eigenvalue weighted by Gasteiger charge is 2.20. The third kappa shape index (κ3) is 3.10. The molecule has 5 nitrogen and oxygen atoms in total. The topological polar surface area (TPSA) is 50.2 Å². The van der Waals surface area contributed by atoms with E-state index >= 15 is 0 Å². The van der Waals surface area contributed by atoms with Crippen molar-refractivity contribution in [2.75, 3.05) is 32.7 Å². The zero-order chi connectivity index (χ0) is 13.0. The molecular weight excluding hydrogens is 252 g/mol. The number of hydrogen-bond donors (Lipinski definition) is 1. The Bertz CT molecular complexity index is 412. The molecular formula is C12H19ClN4O. The Hall–Kier alpha value is -0.910. The van der Waals surface area contributed by atoms with Gasteiger partial charge in [0, 0.05) is 32.7 Å². The second kappa shape index (κ2) is 6.31. The van der Waals surface area contributed by atoms with Gasteiger partial charge in [-0.05, 0) is 6.42 Å². The summed E-state index contributed by atoms with van der Waals surface area (Å²) < 4.78 is 1.72. The highest BCUT2D eigenvalue weighted by atomic mass is 35.5. The van der Waals surface area contributed by atoms with Crippen LogP contribution in [0.1, 0.15) is 23.8 Å². The SMILES string of the molecule is CCCn1ncc(Cl)c1C(=O)CN1CCNCC1. The monoisotopic (exact) mass is 270 g/mol. The van der Waals surface area contributed by atoms with E-state index in [1.165, 1.54) is 0 Å². The highest BCUT2D eigenvalue weighted by Crippen LogP contribution is 2.16. The summed E-state index contributed by atoms with van der Waals surface area (Å²) in [6.45, 7) is 6.91. The molecule has 18 heavy (non-hydrogen) atoms. The molecule has 0 bridgehead atoms. The molecule has 0 atom stereocenters. The standard InChI is InChI=1S/C12H19ClN4O/c1-2-5-17-12(10(13)8-15-17)11(18)9-16-6-3-14-4-7-16/h8,14H,2-7,9H2,1H3. The summed E-state index contributed by atoms with van der Waals surface area (Å²) in [5, 5.41) is 7.88. The lowest BCUT2D eigenvalue weighted by molar-refractivity contribution is 0.0910. The van der Waals surface area contributed by atoms with Gasteiger partial charge in [-0.25, -0.2) is 0 Å². The van der Waals surface area contributed by atoms with Gasteiger partial charge in [-0.2, -0.15) is 5.10 Å². The van der Waals surface area contributed by atoms with Crippen LogP contribution in [0.25, 0.3) is 0 Å². The first-order valence-corrected chi connectivity index (χ1v) is 6.77. The van der Waals surface area contributed by atoms with Crippen LogP contribution < -0.4 is 5.32 Å². The Balaban J connectivity index is 2.05. The van der Waals surface area contributed by atoms with Gasteiger partial charge in [0.25, 0.3) is 0 Å². The number of ketones is 1. The first-order chi connectivity index (χ1) is 8.72. The van der Waals surface area contributed by atoms with Crippen LogP contribution in [0.2, 0.25) is 5.02 Å². The Labute approximate surface area is 112 Å². The van der Waals surface area contributed by atoms with Gasteiger partial charge < -0.3 is 5.32 Å². The highest BCUT2D eigenvalue weighted by molar-refractivity contribution is 6.33. The molecule has 100 valence electrons. The van der Waals surface area contributed by atoms with Gasteiger partial charge in [0.15, 0.2) is 5.78 Å². The van der Waals surface area contributed by atoms with Crippen molar-refractivity contribution in [3.63, 3.8) is 0 Å². The fourth-order valence-corrected chi connectivity index (χ4v) is 2.41. The smallest absolute Gasteiger partial charge is 0.196 e. The van der Waals surface area contributed by atoms with E-state index in [-0.39, 0.29) is 5.78 Å². The first-order valence-electron chi connectivity index (χ1n) is 6.40. The number of rotatable bonds is 5. The molecule has 6 heteroatoms. The Kier molecular flexibility index (Phi) is 4.74. The molecule has 2 rings (SSSR count). The number of nitrogens with zero attached hydrogens (tertiary/aromatic N) is 3. The Morgan fingerprint density at radius 1 is 1.50 bits per heavy atom. The van der Waals surface area contributed by atoms with Gasteiger partial charge in [0.2, 0.25) is 0 Å². The lowest BCUT2D eigenvalue weighted by Gasteiger charge is -2.26. The number of carbonyl (C=O) groups is 1. The number of Topliss-reactive ketones (excluding diaryl/α,β-unsaturated/α-hetero) is 1. The molecule has 1 aliphatic rings. The van der Waals surface area contributed by atoms with E-state index in [9.17, 15) is 4.79 Å². The molecule has 0 spiro atoms. The van der Waals surface area contributed by atoms with Crippen molar-refractivity contribution in [3.8, 4) is 0 Å². The number of aryl methyl sites for hydroxylation is 1. The molecule has 0 saturated carbocycles. The fraction of sp³-hybridized carbons (Fsp3) is 0.667. The number of piperazine rings is 1. The number of nitrogens with one attached hydrogen (secondary N) is 1.